The number of alkyl halides is 2. The third-order valence-corrected chi connectivity index (χ3v) is 5.10. The van der Waals surface area contributed by atoms with Crippen molar-refractivity contribution in [1.82, 2.24) is 10.2 Å². The Morgan fingerprint density at radius 1 is 1.25 bits per heavy atom. The number of nitrogens with one attached hydrogen (secondary N) is 2. The lowest BCUT2D eigenvalue weighted by molar-refractivity contribution is -0.118. The zero-order valence-electron chi connectivity index (χ0n) is 14.9. The molecule has 1 aliphatic heterocycles. The second-order valence-corrected chi connectivity index (χ2v) is 7.20. The van der Waals surface area contributed by atoms with Crippen molar-refractivity contribution in [2.45, 2.75) is 16.7 Å². The van der Waals surface area contributed by atoms with Crippen LogP contribution in [0.2, 0.25) is 0 Å². The number of benzene rings is 2. The highest BCUT2D eigenvalue weighted by molar-refractivity contribution is 7.99. The molecule has 0 radical (unpaired) electrons. The molecule has 152 valence electrons. The fourth-order valence-electron chi connectivity index (χ4n) is 3.12. The summed E-state index contributed by atoms with van der Waals surface area (Å²) in [5.74, 6) is -3.17. The summed E-state index contributed by atoms with van der Waals surface area (Å²) >= 11 is 0.399. The van der Waals surface area contributed by atoms with Gasteiger partial charge in [0.25, 0.3) is 5.76 Å². The molecule has 2 aromatic carbocycles. The first-order valence-electron chi connectivity index (χ1n) is 8.57. The van der Waals surface area contributed by atoms with Gasteiger partial charge in [-0.2, -0.15) is 8.78 Å². The number of hydrogen-bond acceptors (Lipinski definition) is 4. The molecule has 4 nitrogen and oxygen atoms in total. The third kappa shape index (κ3) is 6.13. The van der Waals surface area contributed by atoms with Crippen LogP contribution in [0, 0.1) is 5.82 Å². The zero-order chi connectivity index (χ0) is 19.2. The third-order valence-electron chi connectivity index (χ3n) is 4.31. The van der Waals surface area contributed by atoms with E-state index < -0.39 is 5.76 Å². The molecule has 9 heteroatoms. The molecule has 0 aromatic heterocycles. The van der Waals surface area contributed by atoms with Crippen molar-refractivity contribution in [1.29, 1.82) is 0 Å². The molecule has 1 saturated heterocycles. The van der Waals surface area contributed by atoms with Crippen molar-refractivity contribution in [2.24, 2.45) is 0 Å². The molecule has 1 atom stereocenters. The highest BCUT2D eigenvalue weighted by atomic mass is 35.5. The van der Waals surface area contributed by atoms with E-state index >= 15 is 0 Å². The molecular weight excluding hydrogens is 411 g/mol. The summed E-state index contributed by atoms with van der Waals surface area (Å²) < 4.78 is 38.9. The Bertz CT molecular complexity index is 797. The van der Waals surface area contributed by atoms with Gasteiger partial charge in [-0.1, -0.05) is 36.0 Å². The quantitative estimate of drug-likeness (QED) is 0.674. The van der Waals surface area contributed by atoms with Crippen LogP contribution >= 0.6 is 24.2 Å². The lowest BCUT2D eigenvalue weighted by Crippen LogP contribution is -2.48. The first-order valence-corrected chi connectivity index (χ1v) is 9.45. The van der Waals surface area contributed by atoms with Gasteiger partial charge in [-0.25, -0.2) is 4.39 Å². The van der Waals surface area contributed by atoms with E-state index in [1.807, 2.05) is 11.0 Å². The van der Waals surface area contributed by atoms with Crippen molar-refractivity contribution in [3.63, 3.8) is 0 Å². The minimum absolute atomic E-state index is 0. The summed E-state index contributed by atoms with van der Waals surface area (Å²) in [7, 11) is 0. The van der Waals surface area contributed by atoms with Gasteiger partial charge in [-0.15, -0.1) is 12.4 Å². The SMILES string of the molecule is Cl.O=C(CN1CCNCC1c1cccc(F)c1)Nc1ccccc1SC(F)F. The summed E-state index contributed by atoms with van der Waals surface area (Å²) in [6.07, 6.45) is 0. The maximum Gasteiger partial charge on any atom is 0.288 e. The van der Waals surface area contributed by atoms with E-state index in [-0.39, 0.29) is 36.7 Å². The lowest BCUT2D eigenvalue weighted by atomic mass is 10.0. The second kappa shape index (κ2) is 10.7. The smallest absolute Gasteiger partial charge is 0.288 e. The molecule has 0 aliphatic carbocycles. The van der Waals surface area contributed by atoms with Gasteiger partial charge in [0.05, 0.1) is 12.2 Å². The Balaban J connectivity index is 0.00000280. The van der Waals surface area contributed by atoms with Gasteiger partial charge in [0.15, 0.2) is 0 Å². The summed E-state index contributed by atoms with van der Waals surface area (Å²) in [6, 6.07) is 12.7. The van der Waals surface area contributed by atoms with Crippen LogP contribution in [0.3, 0.4) is 0 Å². The van der Waals surface area contributed by atoms with Crippen LogP contribution in [0.4, 0.5) is 18.9 Å². The van der Waals surface area contributed by atoms with Gasteiger partial charge in [-0.3, -0.25) is 9.69 Å². The van der Waals surface area contributed by atoms with Crippen molar-refractivity contribution >= 4 is 35.8 Å². The summed E-state index contributed by atoms with van der Waals surface area (Å²) in [5, 5.41) is 5.97. The van der Waals surface area contributed by atoms with E-state index in [1.54, 1.807) is 30.3 Å². The van der Waals surface area contributed by atoms with Crippen LogP contribution in [-0.4, -0.2) is 42.7 Å². The standard InChI is InChI=1S/C19H20F3N3OS.ClH/c20-14-5-3-4-13(10-14)16-11-23-8-9-25(16)12-18(26)24-15-6-1-2-7-17(15)27-19(21)22;/h1-7,10,16,19,23H,8-9,11-12H2,(H,24,26);1H. The topological polar surface area (TPSA) is 44.4 Å². The molecule has 2 aromatic rings. The molecule has 2 N–H and O–H groups in total. The molecule has 28 heavy (non-hydrogen) atoms. The van der Waals surface area contributed by atoms with E-state index in [4.69, 9.17) is 0 Å². The number of amides is 1. The van der Waals surface area contributed by atoms with Gasteiger partial charge in [0.2, 0.25) is 5.91 Å². The van der Waals surface area contributed by atoms with Crippen LogP contribution in [0.1, 0.15) is 11.6 Å². The molecule has 0 spiro atoms. The average Bonchev–Trinajstić information content (AvgIpc) is 2.63. The molecule has 3 rings (SSSR count). The summed E-state index contributed by atoms with van der Waals surface area (Å²) in [5.41, 5.74) is 1.16. The zero-order valence-corrected chi connectivity index (χ0v) is 16.5. The number of para-hydroxylation sites is 1. The van der Waals surface area contributed by atoms with Crippen LogP contribution in [0.5, 0.6) is 0 Å². The minimum atomic E-state index is -2.56. The lowest BCUT2D eigenvalue weighted by Gasteiger charge is -2.36. The molecule has 0 saturated carbocycles. The Kier molecular flexibility index (Phi) is 8.62. The number of nitrogens with zero attached hydrogens (tertiary/aromatic N) is 1. The van der Waals surface area contributed by atoms with E-state index in [1.165, 1.54) is 12.1 Å². The average molecular weight is 432 g/mol. The van der Waals surface area contributed by atoms with E-state index in [9.17, 15) is 18.0 Å². The molecule has 0 bridgehead atoms. The molecule has 1 fully saturated rings. The molecule has 1 unspecified atom stereocenters. The number of thioether (sulfide) groups is 1. The Hall–Kier alpha value is -1.74. The first kappa shape index (κ1) is 22.5. The van der Waals surface area contributed by atoms with Gasteiger partial charge < -0.3 is 10.6 Å². The van der Waals surface area contributed by atoms with Gasteiger partial charge in [-0.05, 0) is 29.8 Å². The van der Waals surface area contributed by atoms with Crippen molar-refractivity contribution < 1.29 is 18.0 Å². The summed E-state index contributed by atoms with van der Waals surface area (Å²) in [6.45, 7) is 2.05. The predicted molar refractivity (Wildman–Crippen MR) is 108 cm³/mol. The molecule has 1 aliphatic rings. The van der Waals surface area contributed by atoms with Crippen molar-refractivity contribution in [3.8, 4) is 0 Å². The number of anilines is 1. The number of piperazine rings is 1. The minimum Gasteiger partial charge on any atom is -0.324 e. The maximum atomic E-state index is 13.6. The van der Waals surface area contributed by atoms with E-state index in [0.717, 1.165) is 12.1 Å². The monoisotopic (exact) mass is 431 g/mol. The molecule has 1 amide bonds. The number of halogens is 4. The normalized spacial score (nSPS) is 17.2. The van der Waals surface area contributed by atoms with Crippen LogP contribution in [-0.2, 0) is 4.79 Å². The largest absolute Gasteiger partial charge is 0.324 e. The Labute approximate surface area is 172 Å². The van der Waals surface area contributed by atoms with Crippen LogP contribution in [0.15, 0.2) is 53.4 Å². The number of carbonyl (C=O) groups excluding carboxylic acids is 1. The number of carbonyl (C=O) groups is 1. The van der Waals surface area contributed by atoms with Crippen LogP contribution in [0.25, 0.3) is 0 Å². The highest BCUT2D eigenvalue weighted by Gasteiger charge is 2.26. The first-order chi connectivity index (χ1) is 13.0. The molecular formula is C19H21ClF3N3OS. The van der Waals surface area contributed by atoms with Crippen molar-refractivity contribution in [2.75, 3.05) is 31.5 Å². The maximum absolute atomic E-state index is 13.6. The van der Waals surface area contributed by atoms with E-state index in [2.05, 4.69) is 10.6 Å². The van der Waals surface area contributed by atoms with Gasteiger partial charge in [0, 0.05) is 30.6 Å². The van der Waals surface area contributed by atoms with Crippen LogP contribution < -0.4 is 10.6 Å². The summed E-state index contributed by atoms with van der Waals surface area (Å²) in [4.78, 5) is 14.8. The predicted octanol–water partition coefficient (Wildman–Crippen LogP) is 4.15. The second-order valence-electron chi connectivity index (χ2n) is 6.17. The van der Waals surface area contributed by atoms with Gasteiger partial charge >= 0.3 is 0 Å². The fourth-order valence-corrected chi connectivity index (χ4v) is 3.72. The number of rotatable bonds is 6. The highest BCUT2D eigenvalue weighted by Crippen LogP contribution is 2.31. The molecule has 1 heterocycles. The Morgan fingerprint density at radius 3 is 2.79 bits per heavy atom. The Morgan fingerprint density at radius 2 is 2.04 bits per heavy atom. The van der Waals surface area contributed by atoms with E-state index in [0.29, 0.717) is 35.4 Å². The fraction of sp³-hybridized carbons (Fsp3) is 0.316. The van der Waals surface area contributed by atoms with Gasteiger partial charge in [0.1, 0.15) is 5.82 Å². The van der Waals surface area contributed by atoms with Crippen molar-refractivity contribution in [3.05, 3.63) is 59.9 Å². The number of hydrogen-bond donors (Lipinski definition) is 2.